The molecule has 1 heterocycles. The van der Waals surface area contributed by atoms with Gasteiger partial charge in [-0.15, -0.1) is 0 Å². The summed E-state index contributed by atoms with van der Waals surface area (Å²) in [4.78, 5) is 8.47. The van der Waals surface area contributed by atoms with Gasteiger partial charge in [-0.05, 0) is 25.8 Å². The van der Waals surface area contributed by atoms with E-state index in [4.69, 9.17) is 4.74 Å². The SMILES string of the molecule is COCC1(Nc2nccc(C)n2)CC1. The minimum atomic E-state index is 0.0997. The molecule has 4 heteroatoms. The standard InChI is InChI=1S/C10H15N3O/c1-8-3-6-11-9(12-8)13-10(4-5-10)7-14-2/h3,6H,4-5,7H2,1-2H3,(H,11,12,13). The van der Waals surface area contributed by atoms with E-state index in [2.05, 4.69) is 15.3 Å². The zero-order valence-corrected chi connectivity index (χ0v) is 8.58. The number of rotatable bonds is 4. The molecule has 0 bridgehead atoms. The van der Waals surface area contributed by atoms with Crippen molar-refractivity contribution in [3.05, 3.63) is 18.0 Å². The highest BCUT2D eigenvalue weighted by Gasteiger charge is 2.43. The van der Waals surface area contributed by atoms with E-state index in [1.807, 2.05) is 13.0 Å². The van der Waals surface area contributed by atoms with Crippen LogP contribution in [0.5, 0.6) is 0 Å². The molecule has 1 N–H and O–H groups in total. The van der Waals surface area contributed by atoms with E-state index >= 15 is 0 Å². The Morgan fingerprint density at radius 1 is 1.57 bits per heavy atom. The highest BCUT2D eigenvalue weighted by Crippen LogP contribution is 2.38. The summed E-state index contributed by atoms with van der Waals surface area (Å²) in [5, 5.41) is 3.32. The van der Waals surface area contributed by atoms with Gasteiger partial charge in [0.15, 0.2) is 0 Å². The monoisotopic (exact) mass is 193 g/mol. The third kappa shape index (κ3) is 2.01. The van der Waals surface area contributed by atoms with Crippen molar-refractivity contribution in [1.82, 2.24) is 9.97 Å². The van der Waals surface area contributed by atoms with Crippen molar-refractivity contribution in [2.45, 2.75) is 25.3 Å². The summed E-state index contributed by atoms with van der Waals surface area (Å²) in [7, 11) is 1.72. The lowest BCUT2D eigenvalue weighted by Gasteiger charge is -2.15. The van der Waals surface area contributed by atoms with E-state index in [1.165, 1.54) is 0 Å². The van der Waals surface area contributed by atoms with Crippen LogP contribution in [0.25, 0.3) is 0 Å². The molecule has 1 saturated carbocycles. The average Bonchev–Trinajstić information content (AvgIpc) is 2.85. The Kier molecular flexibility index (Phi) is 2.37. The number of nitrogens with one attached hydrogen (secondary N) is 1. The van der Waals surface area contributed by atoms with Gasteiger partial charge in [0, 0.05) is 19.0 Å². The molecule has 76 valence electrons. The van der Waals surface area contributed by atoms with Crippen LogP contribution in [-0.2, 0) is 4.74 Å². The Hall–Kier alpha value is -1.16. The van der Waals surface area contributed by atoms with Crippen LogP contribution < -0.4 is 5.32 Å². The van der Waals surface area contributed by atoms with Gasteiger partial charge in [-0.25, -0.2) is 9.97 Å². The minimum absolute atomic E-state index is 0.0997. The summed E-state index contributed by atoms with van der Waals surface area (Å²) in [5.74, 6) is 0.708. The number of nitrogens with zero attached hydrogens (tertiary/aromatic N) is 2. The van der Waals surface area contributed by atoms with Crippen LogP contribution in [-0.4, -0.2) is 29.2 Å². The van der Waals surface area contributed by atoms with Crippen molar-refractivity contribution in [2.24, 2.45) is 0 Å². The molecule has 0 unspecified atom stereocenters. The minimum Gasteiger partial charge on any atom is -0.382 e. The number of aryl methyl sites for hydroxylation is 1. The van der Waals surface area contributed by atoms with E-state index in [0.29, 0.717) is 5.95 Å². The maximum atomic E-state index is 5.15. The Morgan fingerprint density at radius 2 is 2.36 bits per heavy atom. The lowest BCUT2D eigenvalue weighted by Crippen LogP contribution is -2.27. The van der Waals surface area contributed by atoms with Gasteiger partial charge in [-0.2, -0.15) is 0 Å². The number of anilines is 1. The molecule has 0 amide bonds. The van der Waals surface area contributed by atoms with E-state index in [1.54, 1.807) is 13.3 Å². The molecule has 14 heavy (non-hydrogen) atoms. The van der Waals surface area contributed by atoms with Gasteiger partial charge in [0.25, 0.3) is 0 Å². The van der Waals surface area contributed by atoms with Gasteiger partial charge < -0.3 is 10.1 Å². The number of hydrogen-bond donors (Lipinski definition) is 1. The Bertz CT molecular complexity index is 323. The van der Waals surface area contributed by atoms with E-state index in [0.717, 1.165) is 25.1 Å². The molecule has 1 fully saturated rings. The van der Waals surface area contributed by atoms with Crippen LogP contribution in [0.4, 0.5) is 5.95 Å². The number of methoxy groups -OCH3 is 1. The average molecular weight is 193 g/mol. The van der Waals surface area contributed by atoms with Gasteiger partial charge in [-0.1, -0.05) is 0 Å². The highest BCUT2D eigenvalue weighted by atomic mass is 16.5. The highest BCUT2D eigenvalue weighted by molar-refractivity contribution is 5.33. The summed E-state index contributed by atoms with van der Waals surface area (Å²) < 4.78 is 5.15. The van der Waals surface area contributed by atoms with Crippen LogP contribution in [0.1, 0.15) is 18.5 Å². The van der Waals surface area contributed by atoms with Crippen molar-refractivity contribution in [3.63, 3.8) is 0 Å². The summed E-state index contributed by atoms with van der Waals surface area (Å²) in [6.45, 7) is 2.69. The normalized spacial score (nSPS) is 17.9. The molecule has 1 aliphatic rings. The van der Waals surface area contributed by atoms with Crippen LogP contribution in [0.3, 0.4) is 0 Å². The van der Waals surface area contributed by atoms with Crippen molar-refractivity contribution in [2.75, 3.05) is 19.0 Å². The maximum Gasteiger partial charge on any atom is 0.223 e. The van der Waals surface area contributed by atoms with E-state index in [9.17, 15) is 0 Å². The zero-order valence-electron chi connectivity index (χ0n) is 8.58. The third-order valence-electron chi connectivity index (χ3n) is 2.45. The molecule has 0 atom stereocenters. The Labute approximate surface area is 83.7 Å². The molecular weight excluding hydrogens is 178 g/mol. The van der Waals surface area contributed by atoms with Gasteiger partial charge in [0.2, 0.25) is 5.95 Å². The smallest absolute Gasteiger partial charge is 0.223 e. The molecule has 0 aliphatic heterocycles. The second-order valence-corrected chi connectivity index (χ2v) is 3.86. The molecular formula is C10H15N3O. The second-order valence-electron chi connectivity index (χ2n) is 3.86. The summed E-state index contributed by atoms with van der Waals surface area (Å²) in [5.41, 5.74) is 1.08. The predicted octanol–water partition coefficient (Wildman–Crippen LogP) is 1.38. The van der Waals surface area contributed by atoms with Crippen molar-refractivity contribution >= 4 is 5.95 Å². The van der Waals surface area contributed by atoms with Gasteiger partial charge in [0.05, 0.1) is 12.1 Å². The molecule has 1 aliphatic carbocycles. The summed E-state index contributed by atoms with van der Waals surface area (Å²) >= 11 is 0. The molecule has 0 aromatic carbocycles. The second kappa shape index (κ2) is 3.53. The van der Waals surface area contributed by atoms with Crippen LogP contribution in [0.15, 0.2) is 12.3 Å². The number of hydrogen-bond acceptors (Lipinski definition) is 4. The number of aromatic nitrogens is 2. The first-order valence-corrected chi connectivity index (χ1v) is 4.81. The molecule has 1 aromatic heterocycles. The molecule has 0 spiro atoms. The summed E-state index contributed by atoms with van der Waals surface area (Å²) in [6.07, 6.45) is 4.05. The topological polar surface area (TPSA) is 47.0 Å². The van der Waals surface area contributed by atoms with E-state index < -0.39 is 0 Å². The summed E-state index contributed by atoms with van der Waals surface area (Å²) in [6, 6.07) is 1.89. The molecule has 0 radical (unpaired) electrons. The van der Waals surface area contributed by atoms with Crippen molar-refractivity contribution in [3.8, 4) is 0 Å². The van der Waals surface area contributed by atoms with Crippen LogP contribution in [0.2, 0.25) is 0 Å². The third-order valence-corrected chi connectivity index (χ3v) is 2.45. The lowest BCUT2D eigenvalue weighted by molar-refractivity contribution is 0.179. The van der Waals surface area contributed by atoms with Gasteiger partial charge in [-0.3, -0.25) is 0 Å². The first-order chi connectivity index (χ1) is 6.74. The molecule has 0 saturated heterocycles. The quantitative estimate of drug-likeness (QED) is 0.784. The predicted molar refractivity (Wildman–Crippen MR) is 54.2 cm³/mol. The fourth-order valence-corrected chi connectivity index (χ4v) is 1.48. The van der Waals surface area contributed by atoms with Crippen LogP contribution in [0, 0.1) is 6.92 Å². The van der Waals surface area contributed by atoms with E-state index in [-0.39, 0.29) is 5.54 Å². The number of ether oxygens (including phenoxy) is 1. The molecule has 4 nitrogen and oxygen atoms in total. The van der Waals surface area contributed by atoms with Gasteiger partial charge in [0.1, 0.15) is 0 Å². The fraction of sp³-hybridized carbons (Fsp3) is 0.600. The first kappa shape index (κ1) is 9.40. The van der Waals surface area contributed by atoms with Crippen molar-refractivity contribution in [1.29, 1.82) is 0 Å². The first-order valence-electron chi connectivity index (χ1n) is 4.81. The van der Waals surface area contributed by atoms with Crippen LogP contribution >= 0.6 is 0 Å². The van der Waals surface area contributed by atoms with Gasteiger partial charge >= 0.3 is 0 Å². The lowest BCUT2D eigenvalue weighted by atomic mass is 10.3. The molecule has 1 aromatic rings. The largest absolute Gasteiger partial charge is 0.382 e. The zero-order chi connectivity index (χ0) is 10.0. The molecule has 2 rings (SSSR count). The maximum absolute atomic E-state index is 5.15. The fourth-order valence-electron chi connectivity index (χ4n) is 1.48. The Balaban J connectivity index is 2.03. The van der Waals surface area contributed by atoms with Crippen molar-refractivity contribution < 1.29 is 4.74 Å². The Morgan fingerprint density at radius 3 is 2.93 bits per heavy atom.